The van der Waals surface area contributed by atoms with Crippen molar-refractivity contribution in [2.24, 2.45) is 0 Å². The molecule has 10 heavy (non-hydrogen) atoms. The minimum Gasteiger partial charge on any atom is -0.472 e. The van der Waals surface area contributed by atoms with Crippen LogP contribution < -0.4 is 0 Å². The molecule has 0 radical (unpaired) electrons. The standard InChI is InChI=1S/C9H10O/c1-8(2)3-4-9-5-6-10-7-9/h3-7H,1H2,2H3/b4-3+. The molecule has 0 aromatic carbocycles. The topological polar surface area (TPSA) is 13.1 Å². The van der Waals surface area contributed by atoms with Crippen LogP contribution in [0.2, 0.25) is 0 Å². The fourth-order valence-corrected chi connectivity index (χ4v) is 0.608. The molecule has 1 rings (SSSR count). The lowest BCUT2D eigenvalue weighted by molar-refractivity contribution is 0.567. The zero-order valence-electron chi connectivity index (χ0n) is 6.00. The predicted octanol–water partition coefficient (Wildman–Crippen LogP) is 2.87. The molecule has 1 aromatic heterocycles. The predicted molar refractivity (Wildman–Crippen MR) is 42.6 cm³/mol. The zero-order chi connectivity index (χ0) is 7.40. The van der Waals surface area contributed by atoms with Gasteiger partial charge >= 0.3 is 0 Å². The number of allylic oxidation sites excluding steroid dienone is 2. The first-order valence-corrected chi connectivity index (χ1v) is 3.15. The molecule has 0 aliphatic heterocycles. The summed E-state index contributed by atoms with van der Waals surface area (Å²) in [5.74, 6) is 0. The molecule has 0 saturated carbocycles. The molecule has 0 unspecified atom stereocenters. The van der Waals surface area contributed by atoms with E-state index in [9.17, 15) is 0 Å². The van der Waals surface area contributed by atoms with E-state index in [1.165, 1.54) is 0 Å². The van der Waals surface area contributed by atoms with Gasteiger partial charge in [0.2, 0.25) is 0 Å². The van der Waals surface area contributed by atoms with E-state index in [1.54, 1.807) is 12.5 Å². The van der Waals surface area contributed by atoms with Crippen LogP contribution in [0.3, 0.4) is 0 Å². The number of hydrogen-bond donors (Lipinski definition) is 0. The third kappa shape index (κ3) is 1.94. The quantitative estimate of drug-likeness (QED) is 0.567. The second kappa shape index (κ2) is 3.06. The van der Waals surface area contributed by atoms with Crippen molar-refractivity contribution >= 4 is 6.08 Å². The van der Waals surface area contributed by atoms with Crippen molar-refractivity contribution in [1.29, 1.82) is 0 Å². The summed E-state index contributed by atoms with van der Waals surface area (Å²) in [5, 5.41) is 0. The lowest BCUT2D eigenvalue weighted by atomic mass is 10.2. The number of rotatable bonds is 2. The van der Waals surface area contributed by atoms with Gasteiger partial charge in [0.15, 0.2) is 0 Å². The molecule has 0 aliphatic rings. The maximum atomic E-state index is 4.87. The lowest BCUT2D eigenvalue weighted by Crippen LogP contribution is -1.61. The van der Waals surface area contributed by atoms with Gasteiger partial charge in [-0.15, -0.1) is 0 Å². The highest BCUT2D eigenvalue weighted by Gasteiger charge is 1.84. The van der Waals surface area contributed by atoms with Crippen LogP contribution in [0.5, 0.6) is 0 Å². The maximum absolute atomic E-state index is 4.87. The highest BCUT2D eigenvalue weighted by atomic mass is 16.3. The van der Waals surface area contributed by atoms with Crippen molar-refractivity contribution < 1.29 is 4.42 Å². The minimum absolute atomic E-state index is 1.04. The van der Waals surface area contributed by atoms with Gasteiger partial charge in [0.1, 0.15) is 0 Å². The highest BCUT2D eigenvalue weighted by Crippen LogP contribution is 2.03. The lowest BCUT2D eigenvalue weighted by Gasteiger charge is -1.82. The zero-order valence-corrected chi connectivity index (χ0v) is 6.00. The average molecular weight is 134 g/mol. The Morgan fingerprint density at radius 1 is 1.70 bits per heavy atom. The normalized spacial score (nSPS) is 10.5. The second-order valence-corrected chi connectivity index (χ2v) is 2.24. The molecule has 1 heteroatoms. The van der Waals surface area contributed by atoms with Crippen molar-refractivity contribution in [3.05, 3.63) is 42.4 Å². The monoisotopic (exact) mass is 134 g/mol. The Labute approximate surface area is 60.7 Å². The molecule has 1 aromatic rings. The highest BCUT2D eigenvalue weighted by molar-refractivity contribution is 5.50. The Hall–Kier alpha value is -1.24. The fraction of sp³-hybridized carbons (Fsp3) is 0.111. The first-order valence-electron chi connectivity index (χ1n) is 3.15. The summed E-state index contributed by atoms with van der Waals surface area (Å²) in [6.45, 7) is 5.69. The largest absolute Gasteiger partial charge is 0.472 e. The van der Waals surface area contributed by atoms with Gasteiger partial charge in [-0.05, 0) is 13.0 Å². The van der Waals surface area contributed by atoms with Crippen molar-refractivity contribution in [3.8, 4) is 0 Å². The van der Waals surface area contributed by atoms with Gasteiger partial charge < -0.3 is 4.42 Å². The summed E-state index contributed by atoms with van der Waals surface area (Å²) < 4.78 is 4.87. The Morgan fingerprint density at radius 2 is 2.50 bits per heavy atom. The molecular formula is C9H10O. The van der Waals surface area contributed by atoms with Gasteiger partial charge in [0.05, 0.1) is 12.5 Å². The molecule has 0 bridgehead atoms. The van der Waals surface area contributed by atoms with E-state index in [1.807, 2.05) is 25.1 Å². The summed E-state index contributed by atoms with van der Waals surface area (Å²) >= 11 is 0. The summed E-state index contributed by atoms with van der Waals surface area (Å²) in [5.41, 5.74) is 2.12. The van der Waals surface area contributed by atoms with E-state index in [-0.39, 0.29) is 0 Å². The van der Waals surface area contributed by atoms with Crippen LogP contribution in [0.4, 0.5) is 0 Å². The van der Waals surface area contributed by atoms with Gasteiger partial charge in [-0.25, -0.2) is 0 Å². The smallest absolute Gasteiger partial charge is 0.0974 e. The van der Waals surface area contributed by atoms with Crippen LogP contribution in [0.25, 0.3) is 6.08 Å². The van der Waals surface area contributed by atoms with E-state index in [4.69, 9.17) is 4.42 Å². The Balaban J connectivity index is 2.64. The van der Waals surface area contributed by atoms with E-state index >= 15 is 0 Å². The molecule has 1 heterocycles. The van der Waals surface area contributed by atoms with Crippen LogP contribution in [0.15, 0.2) is 41.2 Å². The van der Waals surface area contributed by atoms with Crippen molar-refractivity contribution in [3.63, 3.8) is 0 Å². The summed E-state index contributed by atoms with van der Waals surface area (Å²) in [6, 6.07) is 1.90. The van der Waals surface area contributed by atoms with Crippen LogP contribution in [-0.2, 0) is 0 Å². The average Bonchev–Trinajstić information content (AvgIpc) is 2.34. The van der Waals surface area contributed by atoms with Gasteiger partial charge in [-0.1, -0.05) is 24.3 Å². The van der Waals surface area contributed by atoms with Gasteiger partial charge in [-0.2, -0.15) is 0 Å². The van der Waals surface area contributed by atoms with Crippen molar-refractivity contribution in [2.45, 2.75) is 6.92 Å². The van der Waals surface area contributed by atoms with E-state index in [2.05, 4.69) is 6.58 Å². The summed E-state index contributed by atoms with van der Waals surface area (Å²) in [7, 11) is 0. The summed E-state index contributed by atoms with van der Waals surface area (Å²) in [4.78, 5) is 0. The van der Waals surface area contributed by atoms with Crippen LogP contribution >= 0.6 is 0 Å². The van der Waals surface area contributed by atoms with Crippen molar-refractivity contribution in [1.82, 2.24) is 0 Å². The molecule has 0 atom stereocenters. The SMILES string of the molecule is C=C(C)/C=C/c1ccoc1. The molecule has 0 N–H and O–H groups in total. The first kappa shape index (κ1) is 6.87. The molecule has 52 valence electrons. The maximum Gasteiger partial charge on any atom is 0.0974 e. The third-order valence-electron chi connectivity index (χ3n) is 1.10. The van der Waals surface area contributed by atoms with E-state index < -0.39 is 0 Å². The van der Waals surface area contributed by atoms with Gasteiger partial charge in [0.25, 0.3) is 0 Å². The third-order valence-corrected chi connectivity index (χ3v) is 1.10. The molecule has 0 amide bonds. The molecular weight excluding hydrogens is 124 g/mol. The number of furan rings is 1. The molecule has 0 fully saturated rings. The minimum atomic E-state index is 1.04. The van der Waals surface area contributed by atoms with Crippen LogP contribution in [0.1, 0.15) is 12.5 Å². The van der Waals surface area contributed by atoms with Crippen LogP contribution in [0, 0.1) is 0 Å². The van der Waals surface area contributed by atoms with E-state index in [0.29, 0.717) is 0 Å². The molecule has 1 nitrogen and oxygen atoms in total. The Kier molecular flexibility index (Phi) is 2.11. The van der Waals surface area contributed by atoms with E-state index in [0.717, 1.165) is 11.1 Å². The van der Waals surface area contributed by atoms with Crippen LogP contribution in [-0.4, -0.2) is 0 Å². The fourth-order valence-electron chi connectivity index (χ4n) is 0.608. The molecule has 0 saturated heterocycles. The van der Waals surface area contributed by atoms with Crippen molar-refractivity contribution in [2.75, 3.05) is 0 Å². The molecule has 0 aliphatic carbocycles. The Bertz CT molecular complexity index is 229. The second-order valence-electron chi connectivity index (χ2n) is 2.24. The Morgan fingerprint density at radius 3 is 3.00 bits per heavy atom. The molecule has 0 spiro atoms. The number of hydrogen-bond acceptors (Lipinski definition) is 1. The summed E-state index contributed by atoms with van der Waals surface area (Å²) in [6.07, 6.45) is 7.26. The van der Waals surface area contributed by atoms with Gasteiger partial charge in [0, 0.05) is 5.56 Å². The first-order chi connectivity index (χ1) is 4.79. The van der Waals surface area contributed by atoms with Gasteiger partial charge in [-0.3, -0.25) is 0 Å².